The van der Waals surface area contributed by atoms with Crippen LogP contribution < -0.4 is 24.4 Å². The van der Waals surface area contributed by atoms with E-state index in [9.17, 15) is 4.55 Å². The Balaban J connectivity index is 1.39. The predicted octanol–water partition coefficient (Wildman–Crippen LogP) is 4.09. The van der Waals surface area contributed by atoms with Gasteiger partial charge in [-0.05, 0) is 53.8 Å². The van der Waals surface area contributed by atoms with Crippen molar-refractivity contribution >= 4 is 34.1 Å². The van der Waals surface area contributed by atoms with Gasteiger partial charge < -0.3 is 24.2 Å². The van der Waals surface area contributed by atoms with Crippen LogP contribution >= 0.6 is 11.3 Å². The van der Waals surface area contributed by atoms with E-state index in [4.69, 9.17) is 9.47 Å². The Kier molecular flexibility index (Phi) is 6.46. The van der Waals surface area contributed by atoms with E-state index in [1.807, 2.05) is 48.5 Å². The second-order valence-corrected chi connectivity index (χ2v) is 9.00. The third kappa shape index (κ3) is 5.16. The van der Waals surface area contributed by atoms with Crippen molar-refractivity contribution in [3.05, 3.63) is 60.7 Å². The van der Waals surface area contributed by atoms with Crippen molar-refractivity contribution in [3.63, 3.8) is 0 Å². The largest absolute Gasteiger partial charge is 0.587 e. The molecule has 4 rings (SSSR count). The zero-order valence-electron chi connectivity index (χ0n) is 16.1. The van der Waals surface area contributed by atoms with Gasteiger partial charge in [0.05, 0.1) is 12.8 Å². The van der Waals surface area contributed by atoms with Crippen LogP contribution in [0.15, 0.2) is 64.9 Å². The Morgan fingerprint density at radius 2 is 1.83 bits per heavy atom. The first-order valence-corrected chi connectivity index (χ1v) is 11.3. The van der Waals surface area contributed by atoms with Gasteiger partial charge >= 0.3 is 0 Å². The number of thiophene rings is 1. The molecule has 29 heavy (non-hydrogen) atoms. The van der Waals surface area contributed by atoms with Crippen LogP contribution in [0.3, 0.4) is 0 Å². The van der Waals surface area contributed by atoms with Gasteiger partial charge in [0.1, 0.15) is 22.9 Å². The van der Waals surface area contributed by atoms with E-state index in [1.54, 1.807) is 7.11 Å². The van der Waals surface area contributed by atoms with Gasteiger partial charge in [-0.15, -0.1) is 0 Å². The molecule has 1 aliphatic rings. The van der Waals surface area contributed by atoms with E-state index in [-0.39, 0.29) is 0 Å². The molecule has 3 aromatic rings. The van der Waals surface area contributed by atoms with Crippen molar-refractivity contribution in [2.75, 3.05) is 42.9 Å². The number of anilines is 2. The highest BCUT2D eigenvalue weighted by atomic mass is 32.2. The third-order valence-electron chi connectivity index (χ3n) is 4.56. The fourth-order valence-corrected chi connectivity index (χ4v) is 4.98. The van der Waals surface area contributed by atoms with Crippen LogP contribution in [-0.2, 0) is 11.4 Å². The molecule has 2 heterocycles. The zero-order valence-corrected chi connectivity index (χ0v) is 17.7. The molecule has 0 bridgehead atoms. The van der Waals surface area contributed by atoms with Gasteiger partial charge in [-0.25, -0.2) is 4.72 Å². The Morgan fingerprint density at radius 1 is 1.03 bits per heavy atom. The number of hydrogen-bond acceptors (Lipinski definition) is 7. The summed E-state index contributed by atoms with van der Waals surface area (Å²) in [5.41, 5.74) is 1.93. The van der Waals surface area contributed by atoms with Gasteiger partial charge in [0, 0.05) is 44.0 Å². The first-order chi connectivity index (χ1) is 14.2. The maximum absolute atomic E-state index is 12.6. The lowest BCUT2D eigenvalue weighted by Crippen LogP contribution is -2.43. The monoisotopic (exact) mass is 429 g/mol. The second-order valence-electron chi connectivity index (χ2n) is 6.51. The molecule has 1 unspecified atom stereocenters. The molecule has 2 N–H and O–H groups in total. The fraction of sp³-hybridized carbons (Fsp3) is 0.238. The molecule has 0 radical (unpaired) electrons. The fourth-order valence-electron chi connectivity index (χ4n) is 3.06. The van der Waals surface area contributed by atoms with Crippen molar-refractivity contribution < 1.29 is 14.0 Å². The number of ether oxygens (including phenoxy) is 2. The predicted molar refractivity (Wildman–Crippen MR) is 119 cm³/mol. The molecule has 8 heteroatoms. The normalized spacial score (nSPS) is 15.0. The first kappa shape index (κ1) is 19.9. The number of benzene rings is 2. The lowest BCUT2D eigenvalue weighted by Gasteiger charge is -2.29. The van der Waals surface area contributed by atoms with Crippen molar-refractivity contribution in [1.29, 1.82) is 0 Å². The van der Waals surface area contributed by atoms with E-state index in [0.29, 0.717) is 9.27 Å². The Morgan fingerprint density at radius 3 is 2.59 bits per heavy atom. The van der Waals surface area contributed by atoms with Crippen molar-refractivity contribution in [1.82, 2.24) is 5.32 Å². The lowest BCUT2D eigenvalue weighted by atomic mass is 10.2. The maximum Gasteiger partial charge on any atom is 0.237 e. The van der Waals surface area contributed by atoms with Crippen molar-refractivity contribution in [2.24, 2.45) is 0 Å². The molecule has 6 nitrogen and oxygen atoms in total. The summed E-state index contributed by atoms with van der Waals surface area (Å²) in [6.45, 7) is 3.96. The van der Waals surface area contributed by atoms with Crippen molar-refractivity contribution in [2.45, 2.75) is 4.21 Å². The summed E-state index contributed by atoms with van der Waals surface area (Å²) in [6, 6.07) is 19.1. The average Bonchev–Trinajstić information content (AvgIpc) is 3.24. The number of nitrogens with zero attached hydrogens (tertiary/aromatic N) is 1. The van der Waals surface area contributed by atoms with Gasteiger partial charge in [-0.1, -0.05) is 6.07 Å². The third-order valence-corrected chi connectivity index (χ3v) is 6.94. The molecule has 152 valence electrons. The Bertz CT molecular complexity index is 927. The molecule has 1 aromatic heterocycles. The second kappa shape index (κ2) is 9.41. The maximum atomic E-state index is 12.6. The quantitative estimate of drug-likeness (QED) is 0.552. The molecule has 1 aliphatic heterocycles. The molecule has 2 aromatic carbocycles. The van der Waals surface area contributed by atoms with E-state index in [0.717, 1.165) is 49.1 Å². The van der Waals surface area contributed by atoms with Gasteiger partial charge in [0.2, 0.25) is 4.21 Å². The Hall–Kier alpha value is -2.39. The minimum absolute atomic E-state index is 0.703. The molecule has 1 atom stereocenters. The van der Waals surface area contributed by atoms with Crippen LogP contribution in [0.5, 0.6) is 16.6 Å². The van der Waals surface area contributed by atoms with E-state index >= 15 is 0 Å². The number of rotatable bonds is 7. The summed E-state index contributed by atoms with van der Waals surface area (Å²) in [5.74, 6) is 1.54. The zero-order chi connectivity index (χ0) is 20.1. The summed E-state index contributed by atoms with van der Waals surface area (Å²) in [5, 5.41) is 4.07. The van der Waals surface area contributed by atoms with Gasteiger partial charge in [-0.3, -0.25) is 0 Å². The summed E-state index contributed by atoms with van der Waals surface area (Å²) in [7, 11) is 1.62. The summed E-state index contributed by atoms with van der Waals surface area (Å²) >= 11 is 0.0152. The lowest BCUT2D eigenvalue weighted by molar-refractivity contribution is 0.415. The van der Waals surface area contributed by atoms with Crippen LogP contribution in [-0.4, -0.2) is 37.8 Å². The van der Waals surface area contributed by atoms with E-state index in [2.05, 4.69) is 27.1 Å². The highest BCUT2D eigenvalue weighted by molar-refractivity contribution is 7.94. The molecule has 0 saturated carbocycles. The molecule has 1 fully saturated rings. The SMILES string of the molecule is COc1ccc(N[S+]([O-])c2ccc(Oc3cccc(N4CCNCC4)c3)s2)cc1. The van der Waals surface area contributed by atoms with Gasteiger partial charge in [-0.2, -0.15) is 0 Å². The molecular weight excluding hydrogens is 406 g/mol. The van der Waals surface area contributed by atoms with Crippen LogP contribution in [0, 0.1) is 0 Å². The van der Waals surface area contributed by atoms with Crippen LogP contribution in [0.4, 0.5) is 11.4 Å². The minimum atomic E-state index is -1.36. The summed E-state index contributed by atoms with van der Waals surface area (Å²) < 4.78 is 27.5. The minimum Gasteiger partial charge on any atom is -0.587 e. The molecule has 0 amide bonds. The van der Waals surface area contributed by atoms with Crippen LogP contribution in [0.25, 0.3) is 0 Å². The standard InChI is InChI=1S/C21H23N3O3S2/c1-26-18-7-5-16(6-8-18)23-29(25)21-10-9-20(28-21)27-19-4-2-3-17(15-19)24-13-11-22-12-14-24/h2-10,15,22-23H,11-14H2,1H3. The van der Waals surface area contributed by atoms with Crippen LogP contribution in [0.1, 0.15) is 0 Å². The average molecular weight is 430 g/mol. The smallest absolute Gasteiger partial charge is 0.237 e. The van der Waals surface area contributed by atoms with Gasteiger partial charge in [0.25, 0.3) is 0 Å². The number of hydrogen-bond donors (Lipinski definition) is 2. The van der Waals surface area contributed by atoms with Crippen LogP contribution in [0.2, 0.25) is 0 Å². The highest BCUT2D eigenvalue weighted by Gasteiger charge is 2.17. The molecular formula is C21H23N3O3S2. The van der Waals surface area contributed by atoms with E-state index < -0.39 is 11.4 Å². The number of methoxy groups -OCH3 is 1. The van der Waals surface area contributed by atoms with Crippen molar-refractivity contribution in [3.8, 4) is 16.6 Å². The number of nitrogens with one attached hydrogen (secondary N) is 2. The van der Waals surface area contributed by atoms with Gasteiger partial charge in [0.15, 0.2) is 5.06 Å². The van der Waals surface area contributed by atoms with E-state index in [1.165, 1.54) is 11.3 Å². The summed E-state index contributed by atoms with van der Waals surface area (Å²) in [4.78, 5) is 2.34. The summed E-state index contributed by atoms with van der Waals surface area (Å²) in [6.07, 6.45) is 0. The Labute approximate surface area is 177 Å². The molecule has 0 aliphatic carbocycles. The molecule has 1 saturated heterocycles. The highest BCUT2D eigenvalue weighted by Crippen LogP contribution is 2.34. The number of piperazine rings is 1. The first-order valence-electron chi connectivity index (χ1n) is 9.37. The topological polar surface area (TPSA) is 68.8 Å². The molecule has 0 spiro atoms.